The molecule has 1 saturated heterocycles. The molecule has 2 aromatic rings. The molecule has 1 fully saturated rings. The highest BCUT2D eigenvalue weighted by atomic mass is 19.4. The minimum atomic E-state index is -4.91. The number of nitrogens with zero attached hydrogens (tertiary/aromatic N) is 3. The summed E-state index contributed by atoms with van der Waals surface area (Å²) < 4.78 is 41.2. The molecule has 3 rings (SSSR count). The molecule has 2 heterocycles. The zero-order chi connectivity index (χ0) is 22.1. The Morgan fingerprint density at radius 1 is 1.17 bits per heavy atom. The Bertz CT molecular complexity index is 994. The van der Waals surface area contributed by atoms with Gasteiger partial charge in [0.2, 0.25) is 11.6 Å². The molecule has 1 amide bonds. The highest BCUT2D eigenvalue weighted by Crippen LogP contribution is 2.28. The van der Waals surface area contributed by atoms with E-state index in [2.05, 4.69) is 15.2 Å². The number of piperidine rings is 1. The SMILES string of the molecule is Cc1cc2nc(C(F)(F)F)c(=O)n(C(C)C(=O)NCCN3CCCCC3)c2cc1C. The van der Waals surface area contributed by atoms with E-state index < -0.39 is 29.4 Å². The van der Waals surface area contributed by atoms with Crippen molar-refractivity contribution in [3.05, 3.63) is 39.3 Å². The number of amides is 1. The van der Waals surface area contributed by atoms with E-state index in [4.69, 9.17) is 0 Å². The molecule has 30 heavy (non-hydrogen) atoms. The average molecular weight is 424 g/mol. The number of aryl methyl sites for hydroxylation is 2. The molecule has 1 N–H and O–H groups in total. The topological polar surface area (TPSA) is 67.2 Å². The molecule has 0 saturated carbocycles. The lowest BCUT2D eigenvalue weighted by molar-refractivity contribution is -0.142. The van der Waals surface area contributed by atoms with Gasteiger partial charge in [-0.3, -0.25) is 14.2 Å². The number of benzene rings is 1. The van der Waals surface area contributed by atoms with Crippen LogP contribution in [0.4, 0.5) is 13.2 Å². The normalized spacial score (nSPS) is 16.6. The van der Waals surface area contributed by atoms with Crippen LogP contribution in [-0.2, 0) is 11.0 Å². The number of alkyl halides is 3. The first kappa shape index (κ1) is 22.3. The summed E-state index contributed by atoms with van der Waals surface area (Å²) in [5.41, 5.74) is -1.00. The van der Waals surface area contributed by atoms with E-state index in [9.17, 15) is 22.8 Å². The van der Waals surface area contributed by atoms with E-state index in [1.165, 1.54) is 19.4 Å². The first-order chi connectivity index (χ1) is 14.1. The summed E-state index contributed by atoms with van der Waals surface area (Å²) in [7, 11) is 0. The second-order valence-corrected chi connectivity index (χ2v) is 7.93. The summed E-state index contributed by atoms with van der Waals surface area (Å²) in [5.74, 6) is -0.493. The molecule has 0 spiro atoms. The molecule has 164 valence electrons. The van der Waals surface area contributed by atoms with Gasteiger partial charge in [-0.2, -0.15) is 13.2 Å². The average Bonchev–Trinajstić information content (AvgIpc) is 2.68. The Hall–Kier alpha value is -2.42. The zero-order valence-corrected chi connectivity index (χ0v) is 17.5. The minimum absolute atomic E-state index is 0.0398. The number of hydrogen-bond acceptors (Lipinski definition) is 4. The fourth-order valence-corrected chi connectivity index (χ4v) is 3.81. The summed E-state index contributed by atoms with van der Waals surface area (Å²) in [4.78, 5) is 31.2. The van der Waals surface area contributed by atoms with Crippen LogP contribution in [-0.4, -0.2) is 46.5 Å². The maximum Gasteiger partial charge on any atom is 0.438 e. The third-order valence-electron chi connectivity index (χ3n) is 5.72. The van der Waals surface area contributed by atoms with E-state index in [-0.39, 0.29) is 11.0 Å². The molecule has 0 radical (unpaired) electrons. The van der Waals surface area contributed by atoms with Gasteiger partial charge in [0.15, 0.2) is 0 Å². The molecule has 1 aromatic carbocycles. The maximum absolute atomic E-state index is 13.4. The van der Waals surface area contributed by atoms with Crippen molar-refractivity contribution in [3.63, 3.8) is 0 Å². The fraction of sp³-hybridized carbons (Fsp3) is 0.571. The van der Waals surface area contributed by atoms with Crippen molar-refractivity contribution in [2.75, 3.05) is 26.2 Å². The molecule has 9 heteroatoms. The second kappa shape index (κ2) is 8.75. The van der Waals surface area contributed by atoms with E-state index in [0.717, 1.165) is 41.6 Å². The summed E-state index contributed by atoms with van der Waals surface area (Å²) in [6, 6.07) is 2.01. The van der Waals surface area contributed by atoms with Gasteiger partial charge in [0, 0.05) is 13.1 Å². The van der Waals surface area contributed by atoms with Crippen molar-refractivity contribution in [1.29, 1.82) is 0 Å². The van der Waals surface area contributed by atoms with Crippen LogP contribution in [0.3, 0.4) is 0 Å². The van der Waals surface area contributed by atoms with Crippen LogP contribution in [0.15, 0.2) is 16.9 Å². The van der Waals surface area contributed by atoms with Gasteiger partial charge in [0.25, 0.3) is 5.56 Å². The lowest BCUT2D eigenvalue weighted by Crippen LogP contribution is -2.42. The highest BCUT2D eigenvalue weighted by molar-refractivity contribution is 5.84. The second-order valence-electron chi connectivity index (χ2n) is 7.93. The molecule has 1 aliphatic rings. The third-order valence-corrected chi connectivity index (χ3v) is 5.72. The Labute approximate surface area is 173 Å². The van der Waals surface area contributed by atoms with E-state index >= 15 is 0 Å². The van der Waals surface area contributed by atoms with Crippen molar-refractivity contribution < 1.29 is 18.0 Å². The molecule has 0 aliphatic carbocycles. The summed E-state index contributed by atoms with van der Waals surface area (Å²) >= 11 is 0. The Morgan fingerprint density at radius 3 is 2.43 bits per heavy atom. The first-order valence-corrected chi connectivity index (χ1v) is 10.2. The van der Waals surface area contributed by atoms with Crippen molar-refractivity contribution in [1.82, 2.24) is 19.8 Å². The molecule has 6 nitrogen and oxygen atoms in total. The zero-order valence-electron chi connectivity index (χ0n) is 17.5. The minimum Gasteiger partial charge on any atom is -0.353 e. The number of aromatic nitrogens is 2. The molecule has 0 bridgehead atoms. The lowest BCUT2D eigenvalue weighted by atomic mass is 10.1. The van der Waals surface area contributed by atoms with Gasteiger partial charge in [-0.25, -0.2) is 4.98 Å². The van der Waals surface area contributed by atoms with Crippen LogP contribution in [0.5, 0.6) is 0 Å². The molecule has 1 atom stereocenters. The quantitative estimate of drug-likeness (QED) is 0.801. The standard InChI is InChI=1S/C21H27F3N4O2/c1-13-11-16-17(12-14(13)2)28(20(30)18(26-16)21(22,23)24)15(3)19(29)25-7-10-27-8-5-4-6-9-27/h11-12,15H,4-10H2,1-3H3,(H,25,29). The lowest BCUT2D eigenvalue weighted by Gasteiger charge is -2.26. The van der Waals surface area contributed by atoms with Crippen molar-refractivity contribution in [3.8, 4) is 0 Å². The number of likely N-dealkylation sites (tertiary alicyclic amines) is 1. The predicted octanol–water partition coefficient (Wildman–Crippen LogP) is 3.20. The summed E-state index contributed by atoms with van der Waals surface area (Å²) in [5, 5.41) is 2.76. The first-order valence-electron chi connectivity index (χ1n) is 10.2. The maximum atomic E-state index is 13.4. The molecule has 1 aromatic heterocycles. The van der Waals surface area contributed by atoms with Gasteiger partial charge in [-0.1, -0.05) is 6.42 Å². The van der Waals surface area contributed by atoms with Gasteiger partial charge < -0.3 is 10.2 Å². The van der Waals surface area contributed by atoms with E-state index in [0.29, 0.717) is 13.1 Å². The highest BCUT2D eigenvalue weighted by Gasteiger charge is 2.38. The van der Waals surface area contributed by atoms with Crippen LogP contribution >= 0.6 is 0 Å². The predicted molar refractivity (Wildman–Crippen MR) is 108 cm³/mol. The Kier molecular flexibility index (Phi) is 6.50. The van der Waals surface area contributed by atoms with Crippen LogP contribution in [0.1, 0.15) is 49.0 Å². The number of halogens is 3. The number of carbonyl (C=O) groups excluding carboxylic acids is 1. The number of carbonyl (C=O) groups is 1. The van der Waals surface area contributed by atoms with Gasteiger partial charge in [0.05, 0.1) is 11.0 Å². The summed E-state index contributed by atoms with van der Waals surface area (Å²) in [6.45, 7) is 8.01. The van der Waals surface area contributed by atoms with Crippen molar-refractivity contribution in [2.24, 2.45) is 0 Å². The molecular formula is C21H27F3N4O2. The molecular weight excluding hydrogens is 397 g/mol. The van der Waals surface area contributed by atoms with Gasteiger partial charge in [0.1, 0.15) is 6.04 Å². The van der Waals surface area contributed by atoms with E-state index in [1.54, 1.807) is 19.9 Å². The molecule has 1 aliphatic heterocycles. The number of rotatable bonds is 5. The Morgan fingerprint density at radius 2 is 1.80 bits per heavy atom. The molecule has 1 unspecified atom stereocenters. The Balaban J connectivity index is 1.92. The third kappa shape index (κ3) is 4.66. The van der Waals surface area contributed by atoms with Crippen LogP contribution in [0.2, 0.25) is 0 Å². The van der Waals surface area contributed by atoms with Gasteiger partial charge >= 0.3 is 6.18 Å². The van der Waals surface area contributed by atoms with Crippen molar-refractivity contribution in [2.45, 2.75) is 52.3 Å². The van der Waals surface area contributed by atoms with Crippen LogP contribution in [0, 0.1) is 13.8 Å². The number of fused-ring (bicyclic) bond motifs is 1. The monoisotopic (exact) mass is 424 g/mol. The van der Waals surface area contributed by atoms with E-state index in [1.807, 2.05) is 0 Å². The van der Waals surface area contributed by atoms with Crippen LogP contribution in [0.25, 0.3) is 11.0 Å². The largest absolute Gasteiger partial charge is 0.438 e. The smallest absolute Gasteiger partial charge is 0.353 e. The fourth-order valence-electron chi connectivity index (χ4n) is 3.81. The van der Waals surface area contributed by atoms with Crippen LogP contribution < -0.4 is 10.9 Å². The number of nitrogens with one attached hydrogen (secondary N) is 1. The summed E-state index contributed by atoms with van der Waals surface area (Å²) in [6.07, 6.45) is -1.45. The van der Waals surface area contributed by atoms with Crippen molar-refractivity contribution >= 4 is 16.9 Å². The van der Waals surface area contributed by atoms with Gasteiger partial charge in [-0.05, 0) is 70.0 Å². The van der Waals surface area contributed by atoms with Gasteiger partial charge in [-0.15, -0.1) is 0 Å². The number of hydrogen-bond donors (Lipinski definition) is 1.